The van der Waals surface area contributed by atoms with Gasteiger partial charge in [0.05, 0.1) is 23.9 Å². The number of aryl methyl sites for hydroxylation is 1. The number of ether oxygens (including phenoxy) is 1. The topological polar surface area (TPSA) is 117 Å². The molecule has 192 valence electrons. The van der Waals surface area contributed by atoms with E-state index in [9.17, 15) is 20.1 Å². The van der Waals surface area contributed by atoms with Crippen molar-refractivity contribution in [3.05, 3.63) is 30.0 Å². The van der Waals surface area contributed by atoms with Crippen LogP contribution < -0.4 is 5.32 Å². The molecule has 0 saturated heterocycles. The number of rotatable bonds is 15. The van der Waals surface area contributed by atoms with Crippen molar-refractivity contribution in [3.63, 3.8) is 0 Å². The number of hydrogen-bond acceptors (Lipinski definition) is 5. The van der Waals surface area contributed by atoms with Crippen LogP contribution in [0.4, 0.5) is 4.79 Å². The van der Waals surface area contributed by atoms with Crippen molar-refractivity contribution in [2.45, 2.75) is 72.1 Å². The third-order valence-corrected chi connectivity index (χ3v) is 6.92. The van der Waals surface area contributed by atoms with Crippen molar-refractivity contribution in [1.82, 2.24) is 15.1 Å². The molecule has 8 heteroatoms. The zero-order valence-corrected chi connectivity index (χ0v) is 21.3. The highest BCUT2D eigenvalue weighted by atomic mass is 16.5. The van der Waals surface area contributed by atoms with E-state index in [2.05, 4.69) is 42.5 Å². The van der Waals surface area contributed by atoms with Gasteiger partial charge in [0.1, 0.15) is 0 Å². The van der Waals surface area contributed by atoms with Crippen LogP contribution >= 0.6 is 0 Å². The lowest BCUT2D eigenvalue weighted by Gasteiger charge is -2.31. The zero-order valence-electron chi connectivity index (χ0n) is 21.3. The summed E-state index contributed by atoms with van der Waals surface area (Å²) in [5.74, 6) is 0.588. The number of nitrogens with zero attached hydrogens (tertiary/aromatic N) is 2. The molecule has 4 N–H and O–H groups in total. The first-order valence-corrected chi connectivity index (χ1v) is 12.4. The lowest BCUT2D eigenvalue weighted by molar-refractivity contribution is 0.0581. The Kier molecular flexibility index (Phi) is 11.3. The second-order valence-corrected chi connectivity index (χ2v) is 10.1. The Hall–Kier alpha value is -2.16. The standard InChI is InChI=1S/C26H43N3O5/c1-17(2)21(13-23(28-26(32)33)25(31)14-22(16-30)18(3)4)11-19-7-8-20-15-27-29(24(20)12-19)9-6-10-34-5/h7-8,12,15,17-18,21-23,25,28,30-31H,6,9-11,13-14,16H2,1-5H3,(H,32,33)/t21-,22+,23-,25+/m0/s1. The van der Waals surface area contributed by atoms with Crippen LogP contribution in [0.25, 0.3) is 10.9 Å². The minimum absolute atomic E-state index is 0.0276. The van der Waals surface area contributed by atoms with E-state index in [-0.39, 0.29) is 24.4 Å². The summed E-state index contributed by atoms with van der Waals surface area (Å²) in [5, 5.41) is 38.1. The van der Waals surface area contributed by atoms with Gasteiger partial charge in [-0.2, -0.15) is 5.10 Å². The normalized spacial score (nSPS) is 15.6. The van der Waals surface area contributed by atoms with Gasteiger partial charge in [0.2, 0.25) is 0 Å². The molecule has 0 unspecified atom stereocenters. The van der Waals surface area contributed by atoms with Gasteiger partial charge >= 0.3 is 6.09 Å². The molecule has 0 saturated carbocycles. The van der Waals surface area contributed by atoms with Crippen LogP contribution in [0.5, 0.6) is 0 Å². The highest BCUT2D eigenvalue weighted by Gasteiger charge is 2.29. The molecule has 1 aromatic heterocycles. The van der Waals surface area contributed by atoms with Gasteiger partial charge in [0.15, 0.2) is 0 Å². The molecule has 1 aromatic carbocycles. The van der Waals surface area contributed by atoms with Crippen LogP contribution in [0.2, 0.25) is 0 Å². The summed E-state index contributed by atoms with van der Waals surface area (Å²) in [6.45, 7) is 9.71. The Balaban J connectivity index is 2.18. The molecule has 2 aromatic rings. The molecule has 0 aliphatic carbocycles. The predicted molar refractivity (Wildman–Crippen MR) is 134 cm³/mol. The number of carboxylic acid groups (broad SMARTS) is 1. The second kappa shape index (κ2) is 13.7. The third-order valence-electron chi connectivity index (χ3n) is 6.92. The Morgan fingerprint density at radius 2 is 1.85 bits per heavy atom. The maximum Gasteiger partial charge on any atom is 0.404 e. The summed E-state index contributed by atoms with van der Waals surface area (Å²) in [6, 6.07) is 5.76. The lowest BCUT2D eigenvalue weighted by atomic mass is 9.81. The first-order valence-electron chi connectivity index (χ1n) is 12.4. The minimum atomic E-state index is -1.14. The molecule has 0 aliphatic rings. The van der Waals surface area contributed by atoms with Gasteiger partial charge in [-0.25, -0.2) is 4.79 Å². The Morgan fingerprint density at radius 3 is 2.44 bits per heavy atom. The molecule has 0 bridgehead atoms. The fourth-order valence-corrected chi connectivity index (χ4v) is 4.50. The zero-order chi connectivity index (χ0) is 25.3. The number of aromatic nitrogens is 2. The number of hydrogen-bond donors (Lipinski definition) is 4. The summed E-state index contributed by atoms with van der Waals surface area (Å²) >= 11 is 0. The van der Waals surface area contributed by atoms with E-state index in [1.807, 2.05) is 24.7 Å². The number of carbonyl (C=O) groups is 1. The van der Waals surface area contributed by atoms with Crippen LogP contribution in [0, 0.1) is 23.7 Å². The van der Waals surface area contributed by atoms with Crippen molar-refractivity contribution in [2.75, 3.05) is 20.3 Å². The maximum absolute atomic E-state index is 11.5. The summed E-state index contributed by atoms with van der Waals surface area (Å²) in [5.41, 5.74) is 2.25. The van der Waals surface area contributed by atoms with Gasteiger partial charge in [-0.3, -0.25) is 4.68 Å². The van der Waals surface area contributed by atoms with Crippen LogP contribution in [-0.4, -0.2) is 63.7 Å². The summed E-state index contributed by atoms with van der Waals surface area (Å²) < 4.78 is 7.16. The van der Waals surface area contributed by atoms with E-state index in [0.29, 0.717) is 25.4 Å². The van der Waals surface area contributed by atoms with E-state index >= 15 is 0 Å². The molecule has 0 aliphatic heterocycles. The molecule has 0 radical (unpaired) electrons. The van der Waals surface area contributed by atoms with Crippen LogP contribution in [0.1, 0.15) is 52.5 Å². The highest BCUT2D eigenvalue weighted by molar-refractivity contribution is 5.79. The third kappa shape index (κ3) is 8.25. The molecule has 34 heavy (non-hydrogen) atoms. The van der Waals surface area contributed by atoms with Crippen molar-refractivity contribution in [1.29, 1.82) is 0 Å². The molecule has 1 amide bonds. The molecule has 2 rings (SSSR count). The average molecular weight is 478 g/mol. The van der Waals surface area contributed by atoms with Gasteiger partial charge in [0, 0.05) is 32.3 Å². The molecular formula is C26H43N3O5. The number of nitrogens with one attached hydrogen (secondary N) is 1. The van der Waals surface area contributed by atoms with Gasteiger partial charge in [0.25, 0.3) is 0 Å². The number of amides is 1. The molecule has 0 fully saturated rings. The lowest BCUT2D eigenvalue weighted by Crippen LogP contribution is -2.46. The average Bonchev–Trinajstić information content (AvgIpc) is 3.18. The van der Waals surface area contributed by atoms with Gasteiger partial charge in [-0.1, -0.05) is 39.8 Å². The summed E-state index contributed by atoms with van der Waals surface area (Å²) in [6.07, 6.45) is 2.41. The van der Waals surface area contributed by atoms with Crippen LogP contribution in [-0.2, 0) is 17.7 Å². The summed E-state index contributed by atoms with van der Waals surface area (Å²) in [4.78, 5) is 11.5. The molecule has 8 nitrogen and oxygen atoms in total. The van der Waals surface area contributed by atoms with Crippen molar-refractivity contribution in [2.24, 2.45) is 23.7 Å². The van der Waals surface area contributed by atoms with Crippen molar-refractivity contribution < 1.29 is 24.9 Å². The Morgan fingerprint density at radius 1 is 1.15 bits per heavy atom. The summed E-state index contributed by atoms with van der Waals surface area (Å²) in [7, 11) is 1.70. The number of fused-ring (bicyclic) bond motifs is 1. The van der Waals surface area contributed by atoms with Gasteiger partial charge < -0.3 is 25.4 Å². The van der Waals surface area contributed by atoms with Gasteiger partial charge in [-0.15, -0.1) is 0 Å². The van der Waals surface area contributed by atoms with E-state index in [1.54, 1.807) is 7.11 Å². The number of benzene rings is 1. The highest BCUT2D eigenvalue weighted by Crippen LogP contribution is 2.27. The van der Waals surface area contributed by atoms with E-state index in [0.717, 1.165) is 30.3 Å². The molecule has 4 atom stereocenters. The SMILES string of the molecule is COCCCn1ncc2ccc(C[C@@H](C[C@H](NC(=O)O)[C@H](O)C[C@H](CO)C(C)C)C(C)C)cc21. The van der Waals surface area contributed by atoms with Gasteiger partial charge in [-0.05, 0) is 61.0 Å². The van der Waals surface area contributed by atoms with E-state index in [4.69, 9.17) is 4.74 Å². The molecule has 0 spiro atoms. The van der Waals surface area contributed by atoms with Crippen molar-refractivity contribution >= 4 is 17.0 Å². The van der Waals surface area contributed by atoms with Crippen LogP contribution in [0.15, 0.2) is 24.4 Å². The predicted octanol–water partition coefficient (Wildman–Crippen LogP) is 3.93. The number of aliphatic hydroxyl groups is 2. The maximum atomic E-state index is 11.5. The fraction of sp³-hybridized carbons (Fsp3) is 0.692. The van der Waals surface area contributed by atoms with E-state index < -0.39 is 18.2 Å². The number of aliphatic hydroxyl groups excluding tert-OH is 2. The Bertz CT molecular complexity index is 882. The van der Waals surface area contributed by atoms with Crippen molar-refractivity contribution in [3.8, 4) is 0 Å². The second-order valence-electron chi connectivity index (χ2n) is 10.1. The Labute approximate surface area is 203 Å². The first kappa shape index (κ1) is 28.1. The monoisotopic (exact) mass is 477 g/mol. The minimum Gasteiger partial charge on any atom is -0.465 e. The molecular weight excluding hydrogens is 434 g/mol. The van der Waals surface area contributed by atoms with E-state index in [1.165, 1.54) is 5.56 Å². The smallest absolute Gasteiger partial charge is 0.404 e. The quantitative estimate of drug-likeness (QED) is 0.289. The van der Waals surface area contributed by atoms with Crippen LogP contribution in [0.3, 0.4) is 0 Å². The fourth-order valence-electron chi connectivity index (χ4n) is 4.50. The largest absolute Gasteiger partial charge is 0.465 e. The molecule has 1 heterocycles. The first-order chi connectivity index (χ1) is 16.2. The number of methoxy groups -OCH3 is 1.